The molecule has 25 heavy (non-hydrogen) atoms. The predicted octanol–water partition coefficient (Wildman–Crippen LogP) is 3.29. The lowest BCUT2D eigenvalue weighted by Crippen LogP contribution is -2.46. The molecule has 0 aromatic heterocycles. The number of ether oxygens (including phenoxy) is 2. The van der Waals surface area contributed by atoms with E-state index in [9.17, 15) is 10.2 Å². The smallest absolute Gasteiger partial charge is 0.0812 e. The molecule has 2 saturated carbocycles. The number of epoxide rings is 2. The van der Waals surface area contributed by atoms with Crippen LogP contribution in [0.5, 0.6) is 0 Å². The van der Waals surface area contributed by atoms with Gasteiger partial charge in [0.1, 0.15) is 0 Å². The van der Waals surface area contributed by atoms with E-state index < -0.39 is 0 Å². The standard InChI is InChI=1S/C21H36O4/c1-21(14-2-6-17(22)7-3-14,15-4-8-18(23)9-5-15)16(10-19-12-24-19)11-20-13-25-20/h14-20,22-23H,2-13H2,1H3. The van der Waals surface area contributed by atoms with Gasteiger partial charge in [0.25, 0.3) is 0 Å². The summed E-state index contributed by atoms with van der Waals surface area (Å²) in [6.07, 6.45) is 11.6. The summed E-state index contributed by atoms with van der Waals surface area (Å²) in [5.41, 5.74) is 0.290. The molecule has 2 heterocycles. The lowest BCUT2D eigenvalue weighted by Gasteiger charge is -2.52. The van der Waals surface area contributed by atoms with E-state index in [-0.39, 0.29) is 17.6 Å². The Bertz CT molecular complexity index is 393. The van der Waals surface area contributed by atoms with Gasteiger partial charge in [-0.1, -0.05) is 6.92 Å². The van der Waals surface area contributed by atoms with Crippen LogP contribution in [0.1, 0.15) is 71.1 Å². The van der Waals surface area contributed by atoms with Gasteiger partial charge in [0, 0.05) is 0 Å². The van der Waals surface area contributed by atoms with Gasteiger partial charge >= 0.3 is 0 Å². The van der Waals surface area contributed by atoms with E-state index in [0.717, 1.165) is 64.6 Å². The summed E-state index contributed by atoms with van der Waals surface area (Å²) in [6.45, 7) is 4.42. The van der Waals surface area contributed by atoms with Crippen molar-refractivity contribution in [2.75, 3.05) is 13.2 Å². The fourth-order valence-electron chi connectivity index (χ4n) is 6.04. The summed E-state index contributed by atoms with van der Waals surface area (Å²) in [5, 5.41) is 20.0. The second-order valence-corrected chi connectivity index (χ2v) is 9.46. The first-order chi connectivity index (χ1) is 12.1. The van der Waals surface area contributed by atoms with Gasteiger partial charge in [0.15, 0.2) is 0 Å². The van der Waals surface area contributed by atoms with Gasteiger partial charge in [-0.3, -0.25) is 0 Å². The van der Waals surface area contributed by atoms with E-state index in [1.807, 2.05) is 0 Å². The minimum absolute atomic E-state index is 0.0920. The highest BCUT2D eigenvalue weighted by Crippen LogP contribution is 2.56. The zero-order chi connectivity index (χ0) is 17.4. The second kappa shape index (κ2) is 7.46. The Balaban J connectivity index is 1.55. The number of aliphatic hydroxyl groups excluding tert-OH is 2. The highest BCUT2D eigenvalue weighted by atomic mass is 16.6. The molecule has 0 radical (unpaired) electrons. The molecule has 4 aliphatic rings. The van der Waals surface area contributed by atoms with Crippen LogP contribution in [0.3, 0.4) is 0 Å². The fraction of sp³-hybridized carbons (Fsp3) is 1.00. The Hall–Kier alpha value is -0.160. The highest BCUT2D eigenvalue weighted by Gasteiger charge is 2.50. The van der Waals surface area contributed by atoms with Crippen molar-refractivity contribution in [1.29, 1.82) is 0 Å². The first-order valence-corrected chi connectivity index (χ1v) is 10.6. The van der Waals surface area contributed by atoms with E-state index in [2.05, 4.69) is 6.92 Å². The van der Waals surface area contributed by atoms with Crippen molar-refractivity contribution in [3.8, 4) is 0 Å². The van der Waals surface area contributed by atoms with Crippen LogP contribution >= 0.6 is 0 Å². The molecule has 4 rings (SSSR count). The lowest BCUT2D eigenvalue weighted by atomic mass is 9.53. The van der Waals surface area contributed by atoms with E-state index in [4.69, 9.17) is 9.47 Å². The zero-order valence-corrected chi connectivity index (χ0v) is 15.7. The van der Waals surface area contributed by atoms with Gasteiger partial charge < -0.3 is 19.7 Å². The summed E-state index contributed by atoms with van der Waals surface area (Å²) in [7, 11) is 0. The maximum absolute atomic E-state index is 10.0. The van der Waals surface area contributed by atoms with E-state index in [1.54, 1.807) is 0 Å². The Morgan fingerprint density at radius 2 is 1.12 bits per heavy atom. The largest absolute Gasteiger partial charge is 0.393 e. The first kappa shape index (κ1) is 18.2. The molecule has 0 amide bonds. The van der Waals surface area contributed by atoms with Crippen molar-refractivity contribution in [1.82, 2.24) is 0 Å². The van der Waals surface area contributed by atoms with Gasteiger partial charge in [0.2, 0.25) is 0 Å². The maximum atomic E-state index is 10.0. The molecule has 4 fully saturated rings. The molecule has 2 atom stereocenters. The summed E-state index contributed by atoms with van der Waals surface area (Å²) in [5.74, 6) is 2.03. The second-order valence-electron chi connectivity index (χ2n) is 9.46. The number of rotatable bonds is 7. The quantitative estimate of drug-likeness (QED) is 0.690. The van der Waals surface area contributed by atoms with Crippen molar-refractivity contribution in [2.24, 2.45) is 23.2 Å². The molecule has 4 heteroatoms. The predicted molar refractivity (Wildman–Crippen MR) is 96.2 cm³/mol. The average molecular weight is 353 g/mol. The van der Waals surface area contributed by atoms with Gasteiger partial charge in [-0.15, -0.1) is 0 Å². The number of hydrogen-bond acceptors (Lipinski definition) is 4. The molecular formula is C21H36O4. The van der Waals surface area contributed by atoms with Crippen LogP contribution in [-0.4, -0.2) is 47.8 Å². The van der Waals surface area contributed by atoms with Crippen molar-refractivity contribution >= 4 is 0 Å². The maximum Gasteiger partial charge on any atom is 0.0812 e. The molecule has 2 unspecified atom stereocenters. The van der Waals surface area contributed by atoms with E-state index >= 15 is 0 Å². The van der Waals surface area contributed by atoms with Crippen LogP contribution in [0.4, 0.5) is 0 Å². The van der Waals surface area contributed by atoms with E-state index in [1.165, 1.54) is 12.8 Å². The Morgan fingerprint density at radius 3 is 1.44 bits per heavy atom. The van der Waals surface area contributed by atoms with Gasteiger partial charge in [-0.25, -0.2) is 0 Å². The van der Waals surface area contributed by atoms with Crippen LogP contribution in [0.25, 0.3) is 0 Å². The molecule has 2 aliphatic heterocycles. The summed E-state index contributed by atoms with van der Waals surface area (Å²) < 4.78 is 11.2. The Morgan fingerprint density at radius 1 is 0.760 bits per heavy atom. The van der Waals surface area contributed by atoms with Crippen molar-refractivity contribution in [3.63, 3.8) is 0 Å². The molecular weight excluding hydrogens is 316 g/mol. The monoisotopic (exact) mass is 352 g/mol. The zero-order valence-electron chi connectivity index (χ0n) is 15.7. The molecule has 0 aromatic rings. The molecule has 0 bridgehead atoms. The Labute approximate surface area is 152 Å². The minimum Gasteiger partial charge on any atom is -0.393 e. The van der Waals surface area contributed by atoms with Gasteiger partial charge in [-0.05, 0) is 87.4 Å². The molecule has 2 N–H and O–H groups in total. The molecule has 144 valence electrons. The molecule has 2 saturated heterocycles. The van der Waals surface area contributed by atoms with Crippen molar-refractivity contribution < 1.29 is 19.7 Å². The van der Waals surface area contributed by atoms with Crippen LogP contribution in [-0.2, 0) is 9.47 Å². The first-order valence-electron chi connectivity index (χ1n) is 10.6. The highest BCUT2D eigenvalue weighted by molar-refractivity contribution is 5.00. The third kappa shape index (κ3) is 4.23. The molecule has 0 spiro atoms. The molecule has 4 nitrogen and oxygen atoms in total. The normalized spacial score (nSPS) is 44.8. The van der Waals surface area contributed by atoms with Crippen LogP contribution in [0.15, 0.2) is 0 Å². The fourth-order valence-corrected chi connectivity index (χ4v) is 6.04. The van der Waals surface area contributed by atoms with Gasteiger partial charge in [0.05, 0.1) is 37.6 Å². The van der Waals surface area contributed by atoms with Crippen molar-refractivity contribution in [2.45, 2.75) is 95.5 Å². The summed E-state index contributed by atoms with van der Waals surface area (Å²) in [4.78, 5) is 0. The topological polar surface area (TPSA) is 65.5 Å². The number of hydrogen-bond donors (Lipinski definition) is 2. The average Bonchev–Trinajstić information content (AvgIpc) is 3.51. The summed E-state index contributed by atoms with van der Waals surface area (Å²) in [6, 6.07) is 0. The Kier molecular flexibility index (Phi) is 5.43. The van der Waals surface area contributed by atoms with E-state index in [0.29, 0.717) is 30.0 Å². The van der Waals surface area contributed by atoms with Crippen LogP contribution < -0.4 is 0 Å². The summed E-state index contributed by atoms with van der Waals surface area (Å²) >= 11 is 0. The third-order valence-electron chi connectivity index (χ3n) is 7.93. The third-order valence-corrected chi connectivity index (χ3v) is 7.93. The van der Waals surface area contributed by atoms with Crippen LogP contribution in [0.2, 0.25) is 0 Å². The van der Waals surface area contributed by atoms with Gasteiger partial charge in [-0.2, -0.15) is 0 Å². The number of aliphatic hydroxyl groups is 2. The SMILES string of the molecule is CC(C1CCC(O)CC1)(C1CCC(O)CC1)C(CC1CO1)CC1CO1. The molecule has 0 aromatic carbocycles. The van der Waals surface area contributed by atoms with Crippen LogP contribution in [0, 0.1) is 23.2 Å². The molecule has 2 aliphatic carbocycles. The lowest BCUT2D eigenvalue weighted by molar-refractivity contribution is -0.0561. The van der Waals surface area contributed by atoms with Crippen molar-refractivity contribution in [3.05, 3.63) is 0 Å². The minimum atomic E-state index is -0.0920.